The molecule has 0 bridgehead atoms. The lowest BCUT2D eigenvalue weighted by Gasteiger charge is -2.12. The van der Waals surface area contributed by atoms with Gasteiger partial charge in [-0.15, -0.1) is 0 Å². The molecule has 7 heteroatoms. The van der Waals surface area contributed by atoms with E-state index in [1.165, 1.54) is 12.5 Å². The summed E-state index contributed by atoms with van der Waals surface area (Å²) in [5, 5.41) is 0.0244. The SMILES string of the molecule is CCn1cnc(S(=O)(=O)Nc2ccccc2C(C)Br)c1. The molecule has 0 spiro atoms. The Hall–Kier alpha value is -1.34. The summed E-state index contributed by atoms with van der Waals surface area (Å²) >= 11 is 3.46. The average Bonchev–Trinajstić information content (AvgIpc) is 2.88. The number of aryl methyl sites for hydroxylation is 1. The standard InChI is InChI=1S/C13H16BrN3O2S/c1-3-17-8-13(15-9-17)20(18,19)16-12-7-5-4-6-11(12)10(2)14/h4-10,16H,3H2,1-2H3. The highest BCUT2D eigenvalue weighted by atomic mass is 79.9. The molecule has 0 aliphatic rings. The lowest BCUT2D eigenvalue weighted by molar-refractivity contribution is 0.598. The molecule has 0 amide bonds. The number of sulfonamides is 1. The van der Waals surface area contributed by atoms with Gasteiger partial charge < -0.3 is 4.57 Å². The number of aromatic nitrogens is 2. The Morgan fingerprint density at radius 3 is 2.70 bits per heavy atom. The fraction of sp³-hybridized carbons (Fsp3) is 0.308. The van der Waals surface area contributed by atoms with Crippen LogP contribution in [0, 0.1) is 0 Å². The summed E-state index contributed by atoms with van der Waals surface area (Å²) in [4.78, 5) is 3.98. The smallest absolute Gasteiger partial charge is 0.280 e. The molecular formula is C13H16BrN3O2S. The molecule has 20 heavy (non-hydrogen) atoms. The van der Waals surface area contributed by atoms with E-state index in [0.717, 1.165) is 5.56 Å². The van der Waals surface area contributed by atoms with Gasteiger partial charge in [0.2, 0.25) is 0 Å². The number of nitrogens with one attached hydrogen (secondary N) is 1. The number of alkyl halides is 1. The number of benzene rings is 1. The van der Waals surface area contributed by atoms with Gasteiger partial charge in [0.25, 0.3) is 10.0 Å². The van der Waals surface area contributed by atoms with Crippen LogP contribution < -0.4 is 4.72 Å². The Labute approximate surface area is 127 Å². The average molecular weight is 358 g/mol. The van der Waals surface area contributed by atoms with E-state index in [-0.39, 0.29) is 9.85 Å². The highest BCUT2D eigenvalue weighted by molar-refractivity contribution is 9.09. The molecule has 0 aliphatic heterocycles. The quantitative estimate of drug-likeness (QED) is 0.835. The molecule has 2 rings (SSSR count). The first kappa shape index (κ1) is 15.1. The lowest BCUT2D eigenvalue weighted by Crippen LogP contribution is -2.14. The zero-order chi connectivity index (χ0) is 14.8. The van der Waals surface area contributed by atoms with Crippen LogP contribution in [0.1, 0.15) is 24.2 Å². The normalized spacial score (nSPS) is 13.2. The number of anilines is 1. The van der Waals surface area contributed by atoms with Crippen molar-refractivity contribution >= 4 is 31.6 Å². The van der Waals surface area contributed by atoms with Crippen molar-refractivity contribution in [2.24, 2.45) is 0 Å². The van der Waals surface area contributed by atoms with Gasteiger partial charge in [0.05, 0.1) is 12.0 Å². The summed E-state index contributed by atoms with van der Waals surface area (Å²) in [6.45, 7) is 4.55. The van der Waals surface area contributed by atoms with E-state index in [2.05, 4.69) is 25.6 Å². The maximum absolute atomic E-state index is 12.3. The van der Waals surface area contributed by atoms with Crippen LogP contribution in [-0.4, -0.2) is 18.0 Å². The fourth-order valence-electron chi connectivity index (χ4n) is 1.79. The molecular weight excluding hydrogens is 342 g/mol. The van der Waals surface area contributed by atoms with Crippen LogP contribution in [0.5, 0.6) is 0 Å². The topological polar surface area (TPSA) is 64.0 Å². The van der Waals surface area contributed by atoms with Gasteiger partial charge in [-0.1, -0.05) is 34.1 Å². The maximum atomic E-state index is 12.3. The van der Waals surface area contributed by atoms with Gasteiger partial charge in [-0.05, 0) is 25.5 Å². The first-order valence-corrected chi connectivity index (χ1v) is 8.61. The Balaban J connectivity index is 2.33. The number of hydrogen-bond acceptors (Lipinski definition) is 3. The molecule has 1 heterocycles. The van der Waals surface area contributed by atoms with Gasteiger partial charge in [0.15, 0.2) is 5.03 Å². The molecule has 1 aromatic heterocycles. The summed E-state index contributed by atoms with van der Waals surface area (Å²) < 4.78 is 28.9. The Kier molecular flexibility index (Phi) is 4.49. The Morgan fingerprint density at radius 2 is 2.10 bits per heavy atom. The van der Waals surface area contributed by atoms with E-state index in [0.29, 0.717) is 12.2 Å². The highest BCUT2D eigenvalue weighted by Gasteiger charge is 2.19. The van der Waals surface area contributed by atoms with Gasteiger partial charge in [-0.3, -0.25) is 4.72 Å². The van der Waals surface area contributed by atoms with Gasteiger partial charge >= 0.3 is 0 Å². The summed E-state index contributed by atoms with van der Waals surface area (Å²) in [6, 6.07) is 7.28. The van der Waals surface area contributed by atoms with Crippen molar-refractivity contribution in [3.05, 3.63) is 42.4 Å². The lowest BCUT2D eigenvalue weighted by atomic mass is 10.1. The van der Waals surface area contributed by atoms with E-state index < -0.39 is 10.0 Å². The zero-order valence-corrected chi connectivity index (χ0v) is 13.6. The van der Waals surface area contributed by atoms with Crippen LogP contribution in [0.15, 0.2) is 41.8 Å². The van der Waals surface area contributed by atoms with Crippen molar-refractivity contribution in [2.45, 2.75) is 30.2 Å². The number of para-hydroxylation sites is 1. The number of imidazole rings is 1. The zero-order valence-electron chi connectivity index (χ0n) is 11.2. The van der Waals surface area contributed by atoms with E-state index in [9.17, 15) is 8.42 Å². The van der Waals surface area contributed by atoms with Crippen molar-refractivity contribution in [3.8, 4) is 0 Å². The van der Waals surface area contributed by atoms with Crippen LogP contribution in [0.2, 0.25) is 0 Å². The van der Waals surface area contributed by atoms with Crippen LogP contribution in [0.25, 0.3) is 0 Å². The van der Waals surface area contributed by atoms with E-state index in [1.807, 2.05) is 26.0 Å². The number of hydrogen-bond donors (Lipinski definition) is 1. The van der Waals surface area contributed by atoms with Crippen molar-refractivity contribution in [3.63, 3.8) is 0 Å². The van der Waals surface area contributed by atoms with Crippen LogP contribution in [0.3, 0.4) is 0 Å². The molecule has 0 saturated heterocycles. The van der Waals surface area contributed by atoms with Crippen LogP contribution in [-0.2, 0) is 16.6 Å². The van der Waals surface area contributed by atoms with E-state index in [4.69, 9.17) is 0 Å². The Morgan fingerprint density at radius 1 is 1.40 bits per heavy atom. The molecule has 0 saturated carbocycles. The summed E-state index contributed by atoms with van der Waals surface area (Å²) in [5.41, 5.74) is 1.44. The predicted octanol–water partition coefficient (Wildman–Crippen LogP) is 3.16. The fourth-order valence-corrected chi connectivity index (χ4v) is 3.22. The van der Waals surface area contributed by atoms with Gasteiger partial charge in [0.1, 0.15) is 0 Å². The number of rotatable bonds is 5. The third-order valence-corrected chi connectivity index (χ3v) is 4.63. The second-order valence-electron chi connectivity index (χ2n) is 4.35. The molecule has 5 nitrogen and oxygen atoms in total. The third-order valence-electron chi connectivity index (χ3n) is 2.88. The molecule has 1 aromatic carbocycles. The molecule has 1 atom stereocenters. The van der Waals surface area contributed by atoms with Crippen molar-refractivity contribution in [1.82, 2.24) is 9.55 Å². The van der Waals surface area contributed by atoms with Crippen molar-refractivity contribution in [1.29, 1.82) is 0 Å². The second kappa shape index (κ2) is 5.97. The predicted molar refractivity (Wildman–Crippen MR) is 82.5 cm³/mol. The maximum Gasteiger partial charge on any atom is 0.280 e. The second-order valence-corrected chi connectivity index (χ2v) is 7.35. The molecule has 2 aromatic rings. The van der Waals surface area contributed by atoms with Crippen LogP contribution >= 0.6 is 15.9 Å². The molecule has 0 aliphatic carbocycles. The summed E-state index contributed by atoms with van der Waals surface area (Å²) in [7, 11) is -3.66. The molecule has 1 N–H and O–H groups in total. The van der Waals surface area contributed by atoms with E-state index in [1.54, 1.807) is 16.7 Å². The van der Waals surface area contributed by atoms with Gasteiger partial charge in [-0.25, -0.2) is 4.98 Å². The van der Waals surface area contributed by atoms with E-state index >= 15 is 0 Å². The largest absolute Gasteiger partial charge is 0.336 e. The van der Waals surface area contributed by atoms with Crippen LogP contribution in [0.4, 0.5) is 5.69 Å². The number of nitrogens with zero attached hydrogens (tertiary/aromatic N) is 2. The van der Waals surface area contributed by atoms with Crippen molar-refractivity contribution in [2.75, 3.05) is 4.72 Å². The third kappa shape index (κ3) is 3.21. The minimum atomic E-state index is -3.66. The van der Waals surface area contributed by atoms with Gasteiger partial charge in [0, 0.05) is 17.6 Å². The first-order chi connectivity index (χ1) is 9.44. The van der Waals surface area contributed by atoms with Gasteiger partial charge in [-0.2, -0.15) is 8.42 Å². The molecule has 1 unspecified atom stereocenters. The summed E-state index contributed by atoms with van der Waals surface area (Å²) in [5.74, 6) is 0. The van der Waals surface area contributed by atoms with Crippen molar-refractivity contribution < 1.29 is 8.42 Å². The minimum Gasteiger partial charge on any atom is -0.336 e. The monoisotopic (exact) mass is 357 g/mol. The highest BCUT2D eigenvalue weighted by Crippen LogP contribution is 2.29. The minimum absolute atomic E-state index is 0.0244. The molecule has 0 fully saturated rings. The summed E-state index contributed by atoms with van der Waals surface area (Å²) in [6.07, 6.45) is 3.02. The Bertz CT molecular complexity index is 695. The number of halogens is 1. The first-order valence-electron chi connectivity index (χ1n) is 6.21. The molecule has 0 radical (unpaired) electrons. The molecule has 108 valence electrons.